The fraction of sp³-hybridized carbons (Fsp3) is 0.348. The zero-order chi connectivity index (χ0) is 44.4. The van der Waals surface area contributed by atoms with E-state index in [2.05, 4.69) is 61.3 Å². The van der Waals surface area contributed by atoms with Crippen molar-refractivity contribution in [2.75, 3.05) is 38.5 Å². The Morgan fingerprint density at radius 1 is 0.857 bits per heavy atom. The van der Waals surface area contributed by atoms with E-state index in [1.807, 2.05) is 77.4 Å². The Kier molecular flexibility index (Phi) is 13.3. The summed E-state index contributed by atoms with van der Waals surface area (Å²) in [6.45, 7) is 11.5. The molecule has 2 aliphatic rings. The molecule has 4 heterocycles. The van der Waals surface area contributed by atoms with Crippen molar-refractivity contribution >= 4 is 60.1 Å². The van der Waals surface area contributed by atoms with Crippen LogP contribution in [0.5, 0.6) is 11.5 Å². The van der Waals surface area contributed by atoms with Gasteiger partial charge in [-0.05, 0) is 83.0 Å². The molecule has 13 nitrogen and oxygen atoms in total. The average molecular weight is 926 g/mol. The summed E-state index contributed by atoms with van der Waals surface area (Å²) in [5, 5.41) is 2.74. The summed E-state index contributed by atoms with van der Waals surface area (Å²) in [6, 6.07) is 34.9. The van der Waals surface area contributed by atoms with Crippen LogP contribution >= 0.6 is 17.1 Å². The molecule has 4 aromatic carbocycles. The Labute approximate surface area is 378 Å². The Balaban J connectivity index is 1.25. The van der Waals surface area contributed by atoms with Crippen molar-refractivity contribution in [1.29, 1.82) is 0 Å². The summed E-state index contributed by atoms with van der Waals surface area (Å²) in [5.74, 6) is 2.07. The van der Waals surface area contributed by atoms with Crippen molar-refractivity contribution in [3.63, 3.8) is 0 Å². The molecule has 0 unspecified atom stereocenters. The van der Waals surface area contributed by atoms with Crippen molar-refractivity contribution in [3.8, 4) is 11.5 Å². The number of nitrogens with one attached hydrogen (secondary N) is 1. The van der Waals surface area contributed by atoms with Crippen molar-refractivity contribution in [3.05, 3.63) is 144 Å². The highest BCUT2D eigenvalue weighted by Crippen LogP contribution is 2.67. The number of rotatable bonds is 15. The second-order valence-corrected chi connectivity index (χ2v) is 27.9. The molecule has 17 heteroatoms. The average Bonchev–Trinajstić information content (AvgIpc) is 4.02. The van der Waals surface area contributed by atoms with E-state index >= 15 is 0 Å². The number of nitrogens with zero attached hydrogens (tertiary/aromatic N) is 4. The topological polar surface area (TPSA) is 137 Å². The van der Waals surface area contributed by atoms with E-state index in [0.29, 0.717) is 40.6 Å². The van der Waals surface area contributed by atoms with Crippen LogP contribution in [0.25, 0.3) is 11.2 Å². The van der Waals surface area contributed by atoms with E-state index in [1.165, 1.54) is 17.7 Å². The standard InChI is InChI=1S/C46H52N5O8PS2Si/c1-45(2,3)63(6,7)59-39-37(28-55-46(32-16-12-9-13-17-32,33-18-22-35(53-4)23-19-33)34-20-24-36(54-5)25-21-34)57-44(40(39)58-60(61)56-26-27-62-60)51-30-49-38-41(47-29-48-42(38)51)50-43(52)31-14-10-8-11-15-31/h8-25,29-30,37,39-40,44H,26-28H2,1-7H3,(H,47,48,50,52)/t37-,39-,40-,44-,60-/m1/s1. The smallest absolute Gasteiger partial charge is 0.256 e. The number of fused-ring (bicyclic) bond motifs is 1. The number of carbonyl (C=O) groups is 1. The quantitative estimate of drug-likeness (QED) is 0.0595. The number of hydrogen-bond acceptors (Lipinski definition) is 13. The number of carbonyl (C=O) groups excluding carboxylic acids is 1. The van der Waals surface area contributed by atoms with Crippen LogP contribution in [-0.2, 0) is 40.4 Å². The Morgan fingerprint density at radius 2 is 1.46 bits per heavy atom. The lowest BCUT2D eigenvalue weighted by molar-refractivity contribution is -0.0926. The maximum absolute atomic E-state index is 13.3. The zero-order valence-corrected chi connectivity index (χ0v) is 39.8. The zero-order valence-electron chi connectivity index (χ0n) is 36.3. The third-order valence-electron chi connectivity index (χ3n) is 11.9. The van der Waals surface area contributed by atoms with Gasteiger partial charge in [0, 0.05) is 11.3 Å². The highest BCUT2D eigenvalue weighted by atomic mass is 32.9. The number of ether oxygens (including phenoxy) is 4. The van der Waals surface area contributed by atoms with E-state index in [0.717, 1.165) is 16.7 Å². The number of hydrogen-bond donors (Lipinski definition) is 1. The minimum absolute atomic E-state index is 0.0550. The molecule has 330 valence electrons. The van der Waals surface area contributed by atoms with Gasteiger partial charge in [0.05, 0.1) is 33.8 Å². The molecule has 0 saturated carbocycles. The molecule has 2 aliphatic heterocycles. The minimum atomic E-state index is -2.84. The number of amides is 1. The lowest BCUT2D eigenvalue weighted by atomic mass is 9.80. The van der Waals surface area contributed by atoms with Gasteiger partial charge in [0.2, 0.25) is 5.69 Å². The van der Waals surface area contributed by atoms with Gasteiger partial charge in [-0.15, -0.1) is 0 Å². The highest BCUT2D eigenvalue weighted by Gasteiger charge is 2.55. The largest absolute Gasteiger partial charge is 0.497 e. The third kappa shape index (κ3) is 9.24. The van der Waals surface area contributed by atoms with E-state index in [9.17, 15) is 4.79 Å². The van der Waals surface area contributed by atoms with Crippen molar-refractivity contribution < 1.29 is 37.2 Å². The number of anilines is 1. The summed E-state index contributed by atoms with van der Waals surface area (Å²) in [6.07, 6.45) is -0.0102. The molecule has 2 saturated heterocycles. The first-order chi connectivity index (χ1) is 30.2. The minimum Gasteiger partial charge on any atom is -0.497 e. The third-order valence-corrected chi connectivity index (χ3v) is 21.6. The number of imidazole rings is 1. The fourth-order valence-corrected chi connectivity index (χ4v) is 13.4. The molecule has 6 aromatic rings. The molecule has 1 amide bonds. The van der Waals surface area contributed by atoms with Gasteiger partial charge in [-0.1, -0.05) is 105 Å². The number of benzene rings is 4. The van der Waals surface area contributed by atoms with Crippen LogP contribution in [0.15, 0.2) is 122 Å². The summed E-state index contributed by atoms with van der Waals surface area (Å²) in [4.78, 5) is 27.1. The Morgan fingerprint density at radius 3 is 2.03 bits per heavy atom. The lowest BCUT2D eigenvalue weighted by Gasteiger charge is -2.41. The normalized spacial score (nSPS) is 21.7. The van der Waals surface area contributed by atoms with Crippen LogP contribution in [-0.4, -0.2) is 85.2 Å². The molecule has 2 fully saturated rings. The van der Waals surface area contributed by atoms with Crippen molar-refractivity contribution in [2.24, 2.45) is 0 Å². The molecule has 8 rings (SSSR count). The van der Waals surface area contributed by atoms with E-state index in [1.54, 1.807) is 44.8 Å². The van der Waals surface area contributed by atoms with Gasteiger partial charge < -0.3 is 37.7 Å². The van der Waals surface area contributed by atoms with Crippen LogP contribution in [0.2, 0.25) is 18.1 Å². The molecule has 5 atom stereocenters. The van der Waals surface area contributed by atoms with Gasteiger partial charge in [-0.2, -0.15) is 0 Å². The van der Waals surface area contributed by atoms with Crippen molar-refractivity contribution in [2.45, 2.75) is 69.0 Å². The van der Waals surface area contributed by atoms with Gasteiger partial charge in [-0.25, -0.2) is 15.0 Å². The van der Waals surface area contributed by atoms with Crippen LogP contribution in [0.3, 0.4) is 0 Å². The fourth-order valence-electron chi connectivity index (χ4n) is 7.56. The molecule has 1 N–H and O–H groups in total. The van der Waals surface area contributed by atoms with Gasteiger partial charge in [0.25, 0.3) is 5.91 Å². The Hall–Kier alpha value is -4.48. The van der Waals surface area contributed by atoms with E-state index in [-0.39, 0.29) is 23.4 Å². The summed E-state index contributed by atoms with van der Waals surface area (Å²) in [7, 11) is 0.737. The first kappa shape index (κ1) is 45.1. The Bertz CT molecular complexity index is 2510. The number of methoxy groups -OCH3 is 2. The van der Waals surface area contributed by atoms with Gasteiger partial charge in [0.1, 0.15) is 41.7 Å². The van der Waals surface area contributed by atoms with Crippen LogP contribution in [0.4, 0.5) is 5.82 Å². The second-order valence-electron chi connectivity index (χ2n) is 16.8. The molecule has 2 aromatic heterocycles. The van der Waals surface area contributed by atoms with Crippen LogP contribution in [0, 0.1) is 0 Å². The first-order valence-corrected chi connectivity index (χ1v) is 27.8. The van der Waals surface area contributed by atoms with E-state index < -0.39 is 44.2 Å². The van der Waals surface area contributed by atoms with Crippen LogP contribution in [0.1, 0.15) is 54.0 Å². The van der Waals surface area contributed by atoms with Crippen molar-refractivity contribution in [1.82, 2.24) is 19.5 Å². The second kappa shape index (κ2) is 18.6. The first-order valence-electron chi connectivity index (χ1n) is 20.7. The van der Waals surface area contributed by atoms with Gasteiger partial charge >= 0.3 is 0 Å². The van der Waals surface area contributed by atoms with E-state index in [4.69, 9.17) is 49.2 Å². The predicted octanol–water partition coefficient (Wildman–Crippen LogP) is 9.77. The molecule has 0 aliphatic carbocycles. The molecular weight excluding hydrogens is 874 g/mol. The molecule has 63 heavy (non-hydrogen) atoms. The molecular formula is C46H52N5O8PS2Si. The SMILES string of the molecule is COc1ccc(C(OC[C@H]2O[C@@H](n3cnc4c(NC(=O)c5ccccc5)ncnc43)[C@H](O[P@@]3(=S)OCCS3)[C@@H]2O[Si](C)(C)C(C)(C)C)(c2ccccc2)c2ccc(OC)cc2)cc1. The lowest BCUT2D eigenvalue weighted by Crippen LogP contribution is -2.50. The predicted molar refractivity (Wildman–Crippen MR) is 252 cm³/mol. The highest BCUT2D eigenvalue weighted by molar-refractivity contribution is 8.68. The van der Waals surface area contributed by atoms with Crippen LogP contribution < -0.4 is 14.8 Å². The maximum atomic E-state index is 13.3. The summed E-state index contributed by atoms with van der Waals surface area (Å²) in [5.41, 5.74) is -0.0599. The summed E-state index contributed by atoms with van der Waals surface area (Å²) >= 11 is 7.66. The molecule has 0 spiro atoms. The monoisotopic (exact) mass is 925 g/mol. The van der Waals surface area contributed by atoms with Gasteiger partial charge in [0.15, 0.2) is 31.5 Å². The number of aromatic nitrogens is 4. The van der Waals surface area contributed by atoms with Gasteiger partial charge in [-0.3, -0.25) is 9.36 Å². The molecule has 0 radical (unpaired) electrons. The summed E-state index contributed by atoms with van der Waals surface area (Å²) < 4.78 is 48.3. The molecule has 0 bridgehead atoms. The maximum Gasteiger partial charge on any atom is 0.256 e.